The lowest BCUT2D eigenvalue weighted by Crippen LogP contribution is -2.47. The van der Waals surface area contributed by atoms with E-state index in [1.807, 2.05) is 13.8 Å². The fourth-order valence-electron chi connectivity index (χ4n) is 2.33. The van der Waals surface area contributed by atoms with Crippen molar-refractivity contribution in [3.63, 3.8) is 0 Å². The number of Topliss-reactive ketones (excluding diaryl/α,β-unsaturated/α-hetero) is 1. The van der Waals surface area contributed by atoms with Gasteiger partial charge in [0.05, 0.1) is 0 Å². The van der Waals surface area contributed by atoms with Crippen LogP contribution in [0, 0.1) is 5.92 Å². The maximum Gasteiger partial charge on any atom is 0.256 e. The third kappa shape index (κ3) is 1.64. The zero-order valence-corrected chi connectivity index (χ0v) is 10.8. The third-order valence-corrected chi connectivity index (χ3v) is 3.31. The maximum absolute atomic E-state index is 12.3. The van der Waals surface area contributed by atoms with Crippen LogP contribution >= 0.6 is 0 Å². The van der Waals surface area contributed by atoms with Crippen molar-refractivity contribution in [2.24, 2.45) is 5.92 Å². The quantitative estimate of drug-likeness (QED) is 0.881. The molecule has 0 saturated carbocycles. The number of fused-ring (bicyclic) bond motifs is 1. The Morgan fingerprint density at radius 1 is 1.39 bits per heavy atom. The number of nitrogens with zero attached hydrogens (tertiary/aromatic N) is 1. The van der Waals surface area contributed by atoms with E-state index in [9.17, 15) is 14.7 Å². The summed E-state index contributed by atoms with van der Waals surface area (Å²) in [5.74, 6) is -0.513. The van der Waals surface area contributed by atoms with Crippen LogP contribution in [0.4, 0.5) is 0 Å². The minimum Gasteiger partial charge on any atom is -0.361 e. The lowest BCUT2D eigenvalue weighted by molar-refractivity contribution is -0.154. The Kier molecular flexibility index (Phi) is 2.99. The molecule has 1 aromatic carbocycles. The van der Waals surface area contributed by atoms with Crippen molar-refractivity contribution in [2.45, 2.75) is 26.0 Å². The van der Waals surface area contributed by atoms with Crippen LogP contribution in [-0.2, 0) is 10.5 Å². The van der Waals surface area contributed by atoms with Crippen LogP contribution in [0.2, 0.25) is 0 Å². The number of amides is 1. The number of aliphatic hydroxyl groups is 1. The van der Waals surface area contributed by atoms with E-state index in [1.165, 1.54) is 7.05 Å². The summed E-state index contributed by atoms with van der Waals surface area (Å²) >= 11 is 0. The van der Waals surface area contributed by atoms with Crippen molar-refractivity contribution in [2.75, 3.05) is 7.05 Å². The van der Waals surface area contributed by atoms with Gasteiger partial charge in [0.15, 0.2) is 5.78 Å². The summed E-state index contributed by atoms with van der Waals surface area (Å²) in [6.07, 6.45) is 0.239. The molecule has 0 aliphatic carbocycles. The summed E-state index contributed by atoms with van der Waals surface area (Å²) in [6, 6.07) is 6.71. The first-order valence-electron chi connectivity index (χ1n) is 6.02. The van der Waals surface area contributed by atoms with Crippen molar-refractivity contribution in [1.82, 2.24) is 4.90 Å². The van der Waals surface area contributed by atoms with E-state index in [0.717, 1.165) is 4.90 Å². The van der Waals surface area contributed by atoms with Crippen LogP contribution in [0.5, 0.6) is 0 Å². The molecule has 4 nitrogen and oxygen atoms in total. The number of carbonyl (C=O) groups excluding carboxylic acids is 2. The summed E-state index contributed by atoms with van der Waals surface area (Å²) in [5.41, 5.74) is -1.01. The van der Waals surface area contributed by atoms with E-state index in [4.69, 9.17) is 0 Å². The molecule has 1 aliphatic heterocycles. The van der Waals surface area contributed by atoms with Gasteiger partial charge < -0.3 is 10.0 Å². The van der Waals surface area contributed by atoms with Gasteiger partial charge in [0.2, 0.25) is 5.72 Å². The number of likely N-dealkylation sites (N-methyl/N-ethyl adjacent to an activating group) is 1. The number of carbonyl (C=O) groups is 2. The molecule has 0 saturated heterocycles. The Morgan fingerprint density at radius 2 is 2.00 bits per heavy atom. The fourth-order valence-corrected chi connectivity index (χ4v) is 2.33. The van der Waals surface area contributed by atoms with Gasteiger partial charge in [-0.3, -0.25) is 9.59 Å². The molecule has 1 N–H and O–H groups in total. The van der Waals surface area contributed by atoms with Crippen LogP contribution in [-0.4, -0.2) is 28.7 Å². The summed E-state index contributed by atoms with van der Waals surface area (Å²) < 4.78 is 0. The highest BCUT2D eigenvalue weighted by Gasteiger charge is 2.51. The Bertz CT molecular complexity index is 510. The molecule has 1 aliphatic rings. The zero-order chi connectivity index (χ0) is 13.5. The van der Waals surface area contributed by atoms with Crippen LogP contribution in [0.3, 0.4) is 0 Å². The van der Waals surface area contributed by atoms with Gasteiger partial charge in [-0.1, -0.05) is 32.0 Å². The average molecular weight is 247 g/mol. The van der Waals surface area contributed by atoms with Crippen molar-refractivity contribution in [1.29, 1.82) is 0 Å². The Morgan fingerprint density at radius 3 is 2.61 bits per heavy atom. The van der Waals surface area contributed by atoms with Gasteiger partial charge in [0.25, 0.3) is 5.91 Å². The Labute approximate surface area is 106 Å². The molecular formula is C14H17NO3. The third-order valence-electron chi connectivity index (χ3n) is 3.31. The molecular weight excluding hydrogens is 230 g/mol. The molecule has 1 atom stereocenters. The van der Waals surface area contributed by atoms with Gasteiger partial charge in [0, 0.05) is 24.6 Å². The standard InChI is InChI=1S/C14H17NO3/c1-9(2)8-12(16)14(18)11-7-5-4-6-10(11)13(17)15(14)3/h4-7,9,18H,8H2,1-3H3. The molecule has 0 aromatic heterocycles. The topological polar surface area (TPSA) is 57.6 Å². The van der Waals surface area contributed by atoms with Crippen molar-refractivity contribution >= 4 is 11.7 Å². The van der Waals surface area contributed by atoms with Crippen LogP contribution in [0.1, 0.15) is 36.2 Å². The highest BCUT2D eigenvalue weighted by atomic mass is 16.3. The molecule has 4 heteroatoms. The SMILES string of the molecule is CC(C)CC(=O)C1(O)c2ccccc2C(=O)N1C. The monoisotopic (exact) mass is 247 g/mol. The summed E-state index contributed by atoms with van der Waals surface area (Å²) in [7, 11) is 1.46. The van der Waals surface area contributed by atoms with Crippen LogP contribution < -0.4 is 0 Å². The van der Waals surface area contributed by atoms with E-state index < -0.39 is 5.72 Å². The molecule has 0 bridgehead atoms. The normalized spacial score (nSPS) is 22.5. The Hall–Kier alpha value is -1.68. The number of ketones is 1. The van der Waals surface area contributed by atoms with Gasteiger partial charge in [-0.05, 0) is 12.0 Å². The molecule has 1 aromatic rings. The second-order valence-corrected chi connectivity index (χ2v) is 5.10. The molecule has 1 amide bonds. The first kappa shape index (κ1) is 12.8. The molecule has 0 fully saturated rings. The number of rotatable bonds is 3. The lowest BCUT2D eigenvalue weighted by atomic mass is 9.92. The molecule has 96 valence electrons. The van der Waals surface area contributed by atoms with E-state index in [0.29, 0.717) is 11.1 Å². The number of benzene rings is 1. The summed E-state index contributed by atoms with van der Waals surface area (Å²) in [6.45, 7) is 3.81. The Balaban J connectivity index is 2.50. The summed E-state index contributed by atoms with van der Waals surface area (Å²) in [5, 5.41) is 10.7. The van der Waals surface area contributed by atoms with E-state index in [2.05, 4.69) is 0 Å². The predicted octanol–water partition coefficient (Wildman–Crippen LogP) is 1.53. The van der Waals surface area contributed by atoms with Crippen molar-refractivity contribution in [3.05, 3.63) is 35.4 Å². The van der Waals surface area contributed by atoms with Crippen molar-refractivity contribution < 1.29 is 14.7 Å². The van der Waals surface area contributed by atoms with Gasteiger partial charge in [-0.25, -0.2) is 0 Å². The van der Waals surface area contributed by atoms with Crippen LogP contribution in [0.15, 0.2) is 24.3 Å². The molecule has 18 heavy (non-hydrogen) atoms. The largest absolute Gasteiger partial charge is 0.361 e. The smallest absolute Gasteiger partial charge is 0.256 e. The zero-order valence-electron chi connectivity index (χ0n) is 10.8. The highest BCUT2D eigenvalue weighted by Crippen LogP contribution is 2.37. The molecule has 0 spiro atoms. The van der Waals surface area contributed by atoms with Crippen LogP contribution in [0.25, 0.3) is 0 Å². The van der Waals surface area contributed by atoms with Gasteiger partial charge in [-0.2, -0.15) is 0 Å². The minimum atomic E-state index is -1.81. The van der Waals surface area contributed by atoms with E-state index in [-0.39, 0.29) is 24.0 Å². The number of hydrogen-bond donors (Lipinski definition) is 1. The maximum atomic E-state index is 12.3. The minimum absolute atomic E-state index is 0.137. The van der Waals surface area contributed by atoms with Gasteiger partial charge in [0.1, 0.15) is 0 Å². The second kappa shape index (κ2) is 4.21. The first-order chi connectivity index (χ1) is 8.39. The van der Waals surface area contributed by atoms with Crippen molar-refractivity contribution in [3.8, 4) is 0 Å². The lowest BCUT2D eigenvalue weighted by Gasteiger charge is -2.30. The first-order valence-corrected chi connectivity index (χ1v) is 6.02. The van der Waals surface area contributed by atoms with E-state index in [1.54, 1.807) is 24.3 Å². The highest BCUT2D eigenvalue weighted by molar-refractivity contribution is 6.06. The average Bonchev–Trinajstić information content (AvgIpc) is 2.53. The number of hydrogen-bond acceptors (Lipinski definition) is 3. The summed E-state index contributed by atoms with van der Waals surface area (Å²) in [4.78, 5) is 25.4. The predicted molar refractivity (Wildman–Crippen MR) is 66.9 cm³/mol. The molecule has 1 unspecified atom stereocenters. The van der Waals surface area contributed by atoms with E-state index >= 15 is 0 Å². The molecule has 1 heterocycles. The van der Waals surface area contributed by atoms with Gasteiger partial charge in [-0.15, -0.1) is 0 Å². The molecule has 0 radical (unpaired) electrons. The van der Waals surface area contributed by atoms with Gasteiger partial charge >= 0.3 is 0 Å². The molecule has 2 rings (SSSR count). The second-order valence-electron chi connectivity index (χ2n) is 5.10. The fraction of sp³-hybridized carbons (Fsp3) is 0.429.